The van der Waals surface area contributed by atoms with Crippen LogP contribution in [-0.2, 0) is 0 Å². The first-order valence-corrected chi connectivity index (χ1v) is 6.73. The molecular weight excluding hydrogens is 274 g/mol. The van der Waals surface area contributed by atoms with E-state index in [1.165, 1.54) is 4.90 Å². The molecule has 2 aromatic rings. The SMILES string of the molecule is NC(=O)c1cccc2nc(C3CCCN(C(=O)O)C3)oc12. The Labute approximate surface area is 120 Å². The van der Waals surface area contributed by atoms with Crippen molar-refractivity contribution in [1.29, 1.82) is 0 Å². The highest BCUT2D eigenvalue weighted by Gasteiger charge is 2.28. The first-order chi connectivity index (χ1) is 10.1. The Kier molecular flexibility index (Phi) is 3.25. The monoisotopic (exact) mass is 289 g/mol. The van der Waals surface area contributed by atoms with E-state index in [1.807, 2.05) is 0 Å². The second kappa shape index (κ2) is 5.08. The maximum Gasteiger partial charge on any atom is 0.407 e. The van der Waals surface area contributed by atoms with Crippen LogP contribution in [0.3, 0.4) is 0 Å². The van der Waals surface area contributed by atoms with Crippen LogP contribution in [0.1, 0.15) is 35.0 Å². The molecule has 1 aromatic heterocycles. The van der Waals surface area contributed by atoms with Crippen LogP contribution in [0.5, 0.6) is 0 Å². The van der Waals surface area contributed by atoms with Gasteiger partial charge in [0.2, 0.25) is 0 Å². The van der Waals surface area contributed by atoms with Gasteiger partial charge in [0.1, 0.15) is 5.52 Å². The molecule has 0 spiro atoms. The van der Waals surface area contributed by atoms with Crippen molar-refractivity contribution in [3.8, 4) is 0 Å². The summed E-state index contributed by atoms with van der Waals surface area (Å²) in [7, 11) is 0. The first kappa shape index (κ1) is 13.4. The molecule has 1 aliphatic heterocycles. The molecule has 0 bridgehead atoms. The van der Waals surface area contributed by atoms with E-state index < -0.39 is 12.0 Å². The smallest absolute Gasteiger partial charge is 0.407 e. The summed E-state index contributed by atoms with van der Waals surface area (Å²) >= 11 is 0. The Morgan fingerprint density at radius 1 is 1.43 bits per heavy atom. The van der Waals surface area contributed by atoms with Gasteiger partial charge in [0.15, 0.2) is 11.5 Å². The zero-order valence-electron chi connectivity index (χ0n) is 11.3. The molecule has 2 heterocycles. The van der Waals surface area contributed by atoms with Crippen molar-refractivity contribution in [3.63, 3.8) is 0 Å². The summed E-state index contributed by atoms with van der Waals surface area (Å²) in [6.45, 7) is 0.882. The number of carboxylic acid groups (broad SMARTS) is 1. The van der Waals surface area contributed by atoms with Gasteiger partial charge in [-0.15, -0.1) is 0 Å². The highest BCUT2D eigenvalue weighted by molar-refractivity contribution is 6.03. The van der Waals surface area contributed by atoms with Crippen molar-refractivity contribution in [1.82, 2.24) is 9.88 Å². The van der Waals surface area contributed by atoms with E-state index in [2.05, 4.69) is 4.98 Å². The number of aromatic nitrogens is 1. The molecule has 110 valence electrons. The number of para-hydroxylation sites is 1. The lowest BCUT2D eigenvalue weighted by atomic mass is 9.98. The predicted molar refractivity (Wildman–Crippen MR) is 74.1 cm³/mol. The van der Waals surface area contributed by atoms with Crippen molar-refractivity contribution in [2.24, 2.45) is 5.73 Å². The van der Waals surface area contributed by atoms with Crippen molar-refractivity contribution in [2.75, 3.05) is 13.1 Å². The maximum absolute atomic E-state index is 11.4. The number of fused-ring (bicyclic) bond motifs is 1. The molecule has 0 radical (unpaired) electrons. The lowest BCUT2D eigenvalue weighted by molar-refractivity contribution is 0.100. The third kappa shape index (κ3) is 2.42. The van der Waals surface area contributed by atoms with Crippen LogP contribution in [0.2, 0.25) is 0 Å². The Morgan fingerprint density at radius 2 is 2.24 bits per heavy atom. The van der Waals surface area contributed by atoms with Crippen LogP contribution < -0.4 is 5.73 Å². The average Bonchev–Trinajstić information content (AvgIpc) is 2.91. The van der Waals surface area contributed by atoms with E-state index in [0.717, 1.165) is 12.8 Å². The first-order valence-electron chi connectivity index (χ1n) is 6.73. The minimum Gasteiger partial charge on any atom is -0.465 e. The topological polar surface area (TPSA) is 110 Å². The minimum atomic E-state index is -0.936. The Morgan fingerprint density at radius 3 is 2.95 bits per heavy atom. The summed E-state index contributed by atoms with van der Waals surface area (Å²) < 4.78 is 5.70. The van der Waals surface area contributed by atoms with Gasteiger partial charge < -0.3 is 20.2 Å². The lowest BCUT2D eigenvalue weighted by Gasteiger charge is -2.28. The number of carbonyl (C=O) groups excluding carboxylic acids is 1. The molecule has 7 nitrogen and oxygen atoms in total. The van der Waals surface area contributed by atoms with Crippen molar-refractivity contribution < 1.29 is 19.1 Å². The van der Waals surface area contributed by atoms with Gasteiger partial charge in [-0.1, -0.05) is 6.07 Å². The molecule has 0 saturated carbocycles. The quantitative estimate of drug-likeness (QED) is 0.875. The summed E-state index contributed by atoms with van der Waals surface area (Å²) in [6, 6.07) is 5.02. The number of likely N-dealkylation sites (tertiary alicyclic amines) is 1. The third-order valence-electron chi connectivity index (χ3n) is 3.74. The number of rotatable bonds is 2. The molecular formula is C14H15N3O4. The number of nitrogens with zero attached hydrogens (tertiary/aromatic N) is 2. The number of carbonyl (C=O) groups is 2. The number of hydrogen-bond acceptors (Lipinski definition) is 4. The summed E-state index contributed by atoms with van der Waals surface area (Å²) in [5.74, 6) is -0.202. The largest absolute Gasteiger partial charge is 0.465 e. The molecule has 21 heavy (non-hydrogen) atoms. The summed E-state index contributed by atoms with van der Waals surface area (Å²) in [6.07, 6.45) is 0.634. The number of oxazole rings is 1. The van der Waals surface area contributed by atoms with Crippen molar-refractivity contribution >= 4 is 23.1 Å². The molecule has 0 aliphatic carbocycles. The van der Waals surface area contributed by atoms with Crippen LogP contribution in [0.25, 0.3) is 11.1 Å². The van der Waals surface area contributed by atoms with E-state index in [1.54, 1.807) is 18.2 Å². The fourth-order valence-corrected chi connectivity index (χ4v) is 2.69. The molecule has 1 unspecified atom stereocenters. The Bertz CT molecular complexity index is 709. The van der Waals surface area contributed by atoms with Gasteiger partial charge in [-0.3, -0.25) is 4.79 Å². The van der Waals surface area contributed by atoms with Gasteiger partial charge in [0, 0.05) is 13.1 Å². The second-order valence-electron chi connectivity index (χ2n) is 5.14. The fourth-order valence-electron chi connectivity index (χ4n) is 2.69. The van der Waals surface area contributed by atoms with Gasteiger partial charge in [-0.05, 0) is 25.0 Å². The predicted octanol–water partition coefficient (Wildman–Crippen LogP) is 1.78. The van der Waals surface area contributed by atoms with E-state index in [4.69, 9.17) is 15.3 Å². The number of piperidine rings is 1. The highest BCUT2D eigenvalue weighted by Crippen LogP contribution is 2.30. The van der Waals surface area contributed by atoms with Crippen LogP contribution in [-0.4, -0.2) is 40.1 Å². The fraction of sp³-hybridized carbons (Fsp3) is 0.357. The number of hydrogen-bond donors (Lipinski definition) is 2. The van der Waals surface area contributed by atoms with Crippen LogP contribution in [0.4, 0.5) is 4.79 Å². The van der Waals surface area contributed by atoms with Crippen molar-refractivity contribution in [2.45, 2.75) is 18.8 Å². The van der Waals surface area contributed by atoms with Gasteiger partial charge in [-0.2, -0.15) is 0 Å². The molecule has 1 fully saturated rings. The molecule has 1 saturated heterocycles. The zero-order valence-corrected chi connectivity index (χ0v) is 11.3. The van der Waals surface area contributed by atoms with Gasteiger partial charge in [0.25, 0.3) is 5.91 Å². The summed E-state index contributed by atoms with van der Waals surface area (Å²) in [5, 5.41) is 9.07. The van der Waals surface area contributed by atoms with Crippen molar-refractivity contribution in [3.05, 3.63) is 29.7 Å². The van der Waals surface area contributed by atoms with Crippen LogP contribution in [0.15, 0.2) is 22.6 Å². The van der Waals surface area contributed by atoms with E-state index in [-0.39, 0.29) is 11.5 Å². The summed E-state index contributed by atoms with van der Waals surface area (Å²) in [5.41, 5.74) is 6.54. The third-order valence-corrected chi connectivity index (χ3v) is 3.74. The van der Waals surface area contributed by atoms with E-state index in [9.17, 15) is 9.59 Å². The normalized spacial score (nSPS) is 18.9. The highest BCUT2D eigenvalue weighted by atomic mass is 16.4. The second-order valence-corrected chi connectivity index (χ2v) is 5.14. The molecule has 1 atom stereocenters. The summed E-state index contributed by atoms with van der Waals surface area (Å²) in [4.78, 5) is 28.2. The Balaban J connectivity index is 1.96. The average molecular weight is 289 g/mol. The molecule has 7 heteroatoms. The number of primary amides is 1. The van der Waals surface area contributed by atoms with Crippen LogP contribution in [0, 0.1) is 0 Å². The lowest BCUT2D eigenvalue weighted by Crippen LogP contribution is -2.38. The number of amides is 2. The van der Waals surface area contributed by atoms with Gasteiger partial charge in [-0.25, -0.2) is 9.78 Å². The van der Waals surface area contributed by atoms with E-state index >= 15 is 0 Å². The molecule has 1 aliphatic rings. The zero-order chi connectivity index (χ0) is 15.0. The number of benzene rings is 1. The molecule has 2 amide bonds. The Hall–Kier alpha value is -2.57. The minimum absolute atomic E-state index is 0.0945. The maximum atomic E-state index is 11.4. The van der Waals surface area contributed by atoms with Gasteiger partial charge in [0.05, 0.1) is 11.5 Å². The standard InChI is InChI=1S/C14H15N3O4/c15-12(18)9-4-1-5-10-11(9)21-13(16-10)8-3-2-6-17(7-8)14(19)20/h1,4-5,8H,2-3,6-7H2,(H2,15,18)(H,19,20). The number of nitrogens with two attached hydrogens (primary N) is 1. The molecule has 3 rings (SSSR count). The van der Waals surface area contributed by atoms with Gasteiger partial charge >= 0.3 is 6.09 Å². The molecule has 1 aromatic carbocycles. The molecule has 3 N–H and O–H groups in total. The van der Waals surface area contributed by atoms with Crippen LogP contribution >= 0.6 is 0 Å². The van der Waals surface area contributed by atoms with E-state index in [0.29, 0.717) is 30.1 Å².